The number of rotatable bonds is 6. The number of aryl methyl sites for hydroxylation is 1. The maximum absolute atomic E-state index is 13.0. The van der Waals surface area contributed by atoms with Gasteiger partial charge in [0, 0.05) is 28.2 Å². The van der Waals surface area contributed by atoms with Gasteiger partial charge >= 0.3 is 0 Å². The van der Waals surface area contributed by atoms with Crippen LogP contribution in [0.25, 0.3) is 0 Å². The Balaban J connectivity index is 1.68. The van der Waals surface area contributed by atoms with Gasteiger partial charge in [-0.25, -0.2) is 4.39 Å². The van der Waals surface area contributed by atoms with Crippen LogP contribution >= 0.6 is 0 Å². The van der Waals surface area contributed by atoms with Crippen molar-refractivity contribution in [2.24, 2.45) is 5.41 Å². The molecule has 0 atom stereocenters. The molecule has 0 radical (unpaired) electrons. The average molecular weight is 308 g/mol. The van der Waals surface area contributed by atoms with E-state index in [0.29, 0.717) is 0 Å². The molecule has 2 N–H and O–H groups in total. The molecule has 0 amide bonds. The van der Waals surface area contributed by atoms with Crippen LogP contribution in [0.15, 0.2) is 73.1 Å². The average Bonchev–Trinajstić information content (AvgIpc) is 3.34. The van der Waals surface area contributed by atoms with E-state index in [0.717, 1.165) is 35.6 Å². The van der Waals surface area contributed by atoms with Crippen molar-refractivity contribution in [1.82, 2.24) is 0 Å². The Morgan fingerprint density at radius 1 is 0.870 bits per heavy atom. The van der Waals surface area contributed by atoms with Crippen LogP contribution in [0.2, 0.25) is 0 Å². The third-order valence-corrected chi connectivity index (χ3v) is 4.39. The van der Waals surface area contributed by atoms with Gasteiger partial charge in [-0.2, -0.15) is 0 Å². The summed E-state index contributed by atoms with van der Waals surface area (Å²) < 4.78 is 13.0. The van der Waals surface area contributed by atoms with Crippen LogP contribution in [0.5, 0.6) is 0 Å². The smallest absolute Gasteiger partial charge is 0.123 e. The third-order valence-electron chi connectivity index (χ3n) is 4.39. The molecule has 0 saturated heterocycles. The molecule has 0 bridgehead atoms. The van der Waals surface area contributed by atoms with Crippen molar-refractivity contribution in [2.45, 2.75) is 19.8 Å². The summed E-state index contributed by atoms with van der Waals surface area (Å²) in [7, 11) is 0. The summed E-state index contributed by atoms with van der Waals surface area (Å²) >= 11 is 0. The van der Waals surface area contributed by atoms with Crippen molar-refractivity contribution in [3.8, 4) is 0 Å². The number of benzene rings is 2. The highest BCUT2D eigenvalue weighted by molar-refractivity contribution is 5.56. The van der Waals surface area contributed by atoms with Gasteiger partial charge in [0.2, 0.25) is 0 Å². The van der Waals surface area contributed by atoms with Gasteiger partial charge in [0.25, 0.3) is 0 Å². The summed E-state index contributed by atoms with van der Waals surface area (Å²) in [4.78, 5) is 0. The van der Waals surface area contributed by atoms with Gasteiger partial charge in [0.1, 0.15) is 5.82 Å². The first kappa shape index (κ1) is 15.3. The van der Waals surface area contributed by atoms with E-state index in [-0.39, 0.29) is 11.2 Å². The van der Waals surface area contributed by atoms with Crippen molar-refractivity contribution in [3.05, 3.63) is 84.5 Å². The van der Waals surface area contributed by atoms with Gasteiger partial charge in [0.05, 0.1) is 0 Å². The molecule has 23 heavy (non-hydrogen) atoms. The minimum absolute atomic E-state index is 0.140. The van der Waals surface area contributed by atoms with Gasteiger partial charge in [-0.15, -0.1) is 0 Å². The first-order valence-corrected chi connectivity index (χ1v) is 7.75. The van der Waals surface area contributed by atoms with Gasteiger partial charge in [0.15, 0.2) is 0 Å². The molecule has 0 unspecified atom stereocenters. The van der Waals surface area contributed by atoms with E-state index >= 15 is 0 Å². The summed E-state index contributed by atoms with van der Waals surface area (Å²) in [5.74, 6) is -0.243. The molecule has 2 nitrogen and oxygen atoms in total. The van der Waals surface area contributed by atoms with Crippen LogP contribution in [0.4, 0.5) is 15.8 Å². The Morgan fingerprint density at radius 2 is 1.30 bits per heavy atom. The lowest BCUT2D eigenvalue weighted by atomic mass is 9.98. The van der Waals surface area contributed by atoms with E-state index < -0.39 is 0 Å². The first-order chi connectivity index (χ1) is 11.0. The second-order valence-electron chi connectivity index (χ2n) is 6.16. The van der Waals surface area contributed by atoms with Crippen LogP contribution in [-0.2, 0) is 0 Å². The second-order valence-corrected chi connectivity index (χ2v) is 6.16. The number of halogens is 1. The van der Waals surface area contributed by atoms with E-state index in [1.807, 2.05) is 12.1 Å². The normalized spacial score (nSPS) is 14.9. The standard InChI is InChI=1S/C20H21FN2/c1-14-4-8-18(9-5-14)22-15(2)20(12-13-20)16(3)23-19-10-6-17(21)7-11-19/h4-11,22-23H,2-3,12-13H2,1H3. The van der Waals surface area contributed by atoms with Crippen molar-refractivity contribution in [3.63, 3.8) is 0 Å². The molecule has 0 heterocycles. The van der Waals surface area contributed by atoms with E-state index in [4.69, 9.17) is 0 Å². The Hall–Kier alpha value is -2.55. The molecule has 118 valence electrons. The molecular formula is C20H21FN2. The highest BCUT2D eigenvalue weighted by Gasteiger charge is 2.48. The van der Waals surface area contributed by atoms with Gasteiger partial charge in [-0.1, -0.05) is 30.9 Å². The highest BCUT2D eigenvalue weighted by atomic mass is 19.1. The van der Waals surface area contributed by atoms with Crippen LogP contribution in [0.3, 0.4) is 0 Å². The van der Waals surface area contributed by atoms with Crippen molar-refractivity contribution < 1.29 is 4.39 Å². The zero-order valence-electron chi connectivity index (χ0n) is 13.3. The topological polar surface area (TPSA) is 24.1 Å². The van der Waals surface area contributed by atoms with Gasteiger partial charge in [-0.3, -0.25) is 0 Å². The fourth-order valence-corrected chi connectivity index (χ4v) is 2.67. The molecule has 0 aromatic heterocycles. The summed E-state index contributed by atoms with van der Waals surface area (Å²) in [6, 6.07) is 14.5. The predicted molar refractivity (Wildman–Crippen MR) is 94.8 cm³/mol. The quantitative estimate of drug-likeness (QED) is 0.740. The molecule has 2 aromatic carbocycles. The highest BCUT2D eigenvalue weighted by Crippen LogP contribution is 2.56. The van der Waals surface area contributed by atoms with Gasteiger partial charge < -0.3 is 10.6 Å². The molecule has 1 saturated carbocycles. The third kappa shape index (κ3) is 3.29. The van der Waals surface area contributed by atoms with Crippen LogP contribution in [0.1, 0.15) is 18.4 Å². The van der Waals surface area contributed by atoms with E-state index in [1.54, 1.807) is 12.1 Å². The minimum atomic E-state index is -0.243. The Bertz CT molecular complexity index is 664. The second kappa shape index (κ2) is 5.92. The predicted octanol–water partition coefficient (Wildman–Crippen LogP) is 5.47. The number of hydrogen-bond donors (Lipinski definition) is 2. The molecule has 1 fully saturated rings. The molecule has 2 aromatic rings. The van der Waals surface area contributed by atoms with Crippen molar-refractivity contribution in [1.29, 1.82) is 0 Å². The molecule has 1 aliphatic carbocycles. The molecule has 0 spiro atoms. The monoisotopic (exact) mass is 308 g/mol. The van der Waals surface area contributed by atoms with Crippen molar-refractivity contribution >= 4 is 11.4 Å². The fraction of sp³-hybridized carbons (Fsp3) is 0.200. The molecule has 3 rings (SSSR count). The number of anilines is 2. The van der Waals surface area contributed by atoms with E-state index in [1.165, 1.54) is 17.7 Å². The molecule has 3 heteroatoms. The molecular weight excluding hydrogens is 287 g/mol. The lowest BCUT2D eigenvalue weighted by molar-refractivity contribution is 0.628. The summed E-state index contributed by atoms with van der Waals surface area (Å²) in [6.45, 7) is 10.5. The lowest BCUT2D eigenvalue weighted by Gasteiger charge is -2.24. The zero-order chi connectivity index (χ0) is 16.4. The van der Waals surface area contributed by atoms with Crippen LogP contribution in [0, 0.1) is 18.2 Å². The minimum Gasteiger partial charge on any atom is -0.359 e. The maximum Gasteiger partial charge on any atom is 0.123 e. The summed E-state index contributed by atoms with van der Waals surface area (Å²) in [5, 5.41) is 6.68. The first-order valence-electron chi connectivity index (χ1n) is 7.75. The number of hydrogen-bond acceptors (Lipinski definition) is 2. The summed E-state index contributed by atoms with van der Waals surface area (Å²) in [6.07, 6.45) is 2.02. The Kier molecular flexibility index (Phi) is 3.95. The van der Waals surface area contributed by atoms with E-state index in [2.05, 4.69) is 42.8 Å². The van der Waals surface area contributed by atoms with Gasteiger partial charge in [-0.05, 0) is 56.2 Å². The Morgan fingerprint density at radius 3 is 1.74 bits per heavy atom. The SMILES string of the molecule is C=C(Nc1ccc(C)cc1)C1(C(=C)Nc2ccc(F)cc2)CC1. The maximum atomic E-state index is 13.0. The zero-order valence-corrected chi connectivity index (χ0v) is 13.3. The van der Waals surface area contributed by atoms with Crippen LogP contribution < -0.4 is 10.6 Å². The lowest BCUT2D eigenvalue weighted by Crippen LogP contribution is -2.18. The molecule has 1 aliphatic rings. The van der Waals surface area contributed by atoms with Crippen molar-refractivity contribution in [2.75, 3.05) is 10.6 Å². The fourth-order valence-electron chi connectivity index (χ4n) is 2.67. The summed E-state index contributed by atoms with van der Waals surface area (Å²) in [5.41, 5.74) is 4.80. The van der Waals surface area contributed by atoms with Crippen LogP contribution in [-0.4, -0.2) is 0 Å². The Labute approximate surface area is 136 Å². The molecule has 0 aliphatic heterocycles. The largest absolute Gasteiger partial charge is 0.359 e. The number of nitrogens with one attached hydrogen (secondary N) is 2. The van der Waals surface area contributed by atoms with E-state index in [9.17, 15) is 4.39 Å².